The zero-order chi connectivity index (χ0) is 13.7. The van der Waals surface area contributed by atoms with Crippen molar-refractivity contribution >= 4 is 5.97 Å². The third-order valence-electron chi connectivity index (χ3n) is 3.34. The number of carbonyl (C=O) groups is 1. The average molecular weight is 263 g/mol. The van der Waals surface area contributed by atoms with E-state index >= 15 is 0 Å². The Kier molecular flexibility index (Phi) is 4.80. The van der Waals surface area contributed by atoms with Crippen molar-refractivity contribution in [1.29, 1.82) is 0 Å². The third-order valence-corrected chi connectivity index (χ3v) is 3.34. The molecule has 0 amide bonds. The third kappa shape index (κ3) is 3.70. The molecule has 0 unspecified atom stereocenters. The van der Waals surface area contributed by atoms with Crippen molar-refractivity contribution in [3.8, 4) is 5.75 Å². The van der Waals surface area contributed by atoms with Gasteiger partial charge < -0.3 is 14.8 Å². The molecule has 1 N–H and O–H groups in total. The van der Waals surface area contributed by atoms with Gasteiger partial charge in [0.2, 0.25) is 0 Å². The van der Waals surface area contributed by atoms with Gasteiger partial charge in [-0.25, -0.2) is 0 Å². The van der Waals surface area contributed by atoms with Crippen molar-refractivity contribution < 1.29 is 14.3 Å². The number of ether oxygens (including phenoxy) is 2. The minimum atomic E-state index is -0.241. The van der Waals surface area contributed by atoms with Gasteiger partial charge >= 0.3 is 5.97 Å². The van der Waals surface area contributed by atoms with Crippen LogP contribution in [0, 0.1) is 0 Å². The number of esters is 1. The van der Waals surface area contributed by atoms with Crippen molar-refractivity contribution in [1.82, 2.24) is 5.32 Å². The number of hydrogen-bond acceptors (Lipinski definition) is 4. The van der Waals surface area contributed by atoms with E-state index in [9.17, 15) is 4.79 Å². The highest BCUT2D eigenvalue weighted by molar-refractivity contribution is 5.76. The second kappa shape index (κ2) is 6.57. The van der Waals surface area contributed by atoms with Crippen molar-refractivity contribution in [3.63, 3.8) is 0 Å². The molecule has 1 aromatic carbocycles. The van der Waals surface area contributed by atoms with E-state index in [0.717, 1.165) is 18.6 Å². The maximum absolute atomic E-state index is 11.4. The Labute approximate surface area is 114 Å². The molecule has 19 heavy (non-hydrogen) atoms. The van der Waals surface area contributed by atoms with Crippen LogP contribution in [0.5, 0.6) is 5.75 Å². The fourth-order valence-corrected chi connectivity index (χ4v) is 2.33. The van der Waals surface area contributed by atoms with Crippen LogP contribution in [-0.2, 0) is 16.0 Å². The van der Waals surface area contributed by atoms with Gasteiger partial charge in [0.1, 0.15) is 17.9 Å². The van der Waals surface area contributed by atoms with Gasteiger partial charge in [-0.05, 0) is 24.1 Å². The summed E-state index contributed by atoms with van der Waals surface area (Å²) in [6, 6.07) is 7.94. The van der Waals surface area contributed by atoms with Crippen molar-refractivity contribution in [2.24, 2.45) is 0 Å². The quantitative estimate of drug-likeness (QED) is 0.825. The minimum absolute atomic E-state index is 0.0288. The van der Waals surface area contributed by atoms with Gasteiger partial charge in [-0.2, -0.15) is 0 Å². The van der Waals surface area contributed by atoms with Crippen molar-refractivity contribution in [2.75, 3.05) is 13.7 Å². The molecule has 2 atom stereocenters. The lowest BCUT2D eigenvalue weighted by Gasteiger charge is -2.13. The van der Waals surface area contributed by atoms with E-state index in [-0.39, 0.29) is 18.1 Å². The molecule has 0 saturated carbocycles. The molecule has 2 rings (SSSR count). The van der Waals surface area contributed by atoms with Crippen molar-refractivity contribution in [2.45, 2.75) is 38.3 Å². The van der Waals surface area contributed by atoms with Crippen LogP contribution in [-0.4, -0.2) is 31.8 Å². The Morgan fingerprint density at radius 1 is 1.37 bits per heavy atom. The van der Waals surface area contributed by atoms with Crippen LogP contribution in [0.2, 0.25) is 0 Å². The summed E-state index contributed by atoms with van der Waals surface area (Å²) in [4.78, 5) is 11.4. The van der Waals surface area contributed by atoms with Gasteiger partial charge in [0, 0.05) is 13.0 Å². The lowest BCUT2D eigenvalue weighted by Crippen LogP contribution is -2.31. The predicted molar refractivity (Wildman–Crippen MR) is 73.3 cm³/mol. The van der Waals surface area contributed by atoms with Gasteiger partial charge in [0.15, 0.2) is 0 Å². The maximum Gasteiger partial charge on any atom is 0.323 e. The molecule has 0 bridgehead atoms. The Hall–Kier alpha value is -1.55. The number of aryl methyl sites for hydroxylation is 1. The van der Waals surface area contributed by atoms with Crippen LogP contribution in [0.25, 0.3) is 0 Å². The fourth-order valence-electron chi connectivity index (χ4n) is 2.33. The number of carbonyl (C=O) groups excluding carboxylic acids is 1. The molecular formula is C15H21NO3. The largest absolute Gasteiger partial charge is 0.489 e. The summed E-state index contributed by atoms with van der Waals surface area (Å²) < 4.78 is 10.6. The molecule has 1 fully saturated rings. The summed E-state index contributed by atoms with van der Waals surface area (Å²) in [7, 11) is 1.41. The van der Waals surface area contributed by atoms with Gasteiger partial charge in [-0.1, -0.05) is 25.5 Å². The lowest BCUT2D eigenvalue weighted by molar-refractivity contribution is -0.142. The van der Waals surface area contributed by atoms with Crippen LogP contribution in [0.1, 0.15) is 25.3 Å². The Bertz CT molecular complexity index is 416. The molecule has 1 aliphatic heterocycles. The highest BCUT2D eigenvalue weighted by Crippen LogP contribution is 2.19. The van der Waals surface area contributed by atoms with E-state index in [1.54, 1.807) is 0 Å². The molecule has 0 radical (unpaired) electrons. The SMILES string of the molecule is CCCc1ccc(O[C@@H]2CN[C@H](C(=O)OC)C2)cc1. The predicted octanol–water partition coefficient (Wildman–Crippen LogP) is 1.92. The molecule has 0 aliphatic carbocycles. The number of methoxy groups -OCH3 is 1. The molecule has 104 valence electrons. The molecular weight excluding hydrogens is 242 g/mol. The molecule has 1 saturated heterocycles. The standard InChI is InChI=1S/C15H21NO3/c1-3-4-11-5-7-12(8-6-11)19-13-9-14(16-10-13)15(17)18-2/h5-8,13-14,16H,3-4,9-10H2,1-2H3/t13-,14-/m0/s1. The Balaban J connectivity index is 1.86. The van der Waals surface area contributed by atoms with Crippen LogP contribution in [0.3, 0.4) is 0 Å². The Morgan fingerprint density at radius 3 is 2.74 bits per heavy atom. The van der Waals surface area contributed by atoms with E-state index in [4.69, 9.17) is 9.47 Å². The lowest BCUT2D eigenvalue weighted by atomic mass is 10.1. The first-order chi connectivity index (χ1) is 9.22. The summed E-state index contributed by atoms with van der Waals surface area (Å²) in [5, 5.41) is 3.11. The van der Waals surface area contributed by atoms with Crippen molar-refractivity contribution in [3.05, 3.63) is 29.8 Å². The molecule has 0 spiro atoms. The smallest absolute Gasteiger partial charge is 0.323 e. The minimum Gasteiger partial charge on any atom is -0.489 e. The van der Waals surface area contributed by atoms with Gasteiger partial charge in [0.05, 0.1) is 7.11 Å². The molecule has 1 heterocycles. The van der Waals surface area contributed by atoms with Crippen LogP contribution in [0.4, 0.5) is 0 Å². The van der Waals surface area contributed by atoms with Gasteiger partial charge in [-0.3, -0.25) is 4.79 Å². The van der Waals surface area contributed by atoms with Gasteiger partial charge in [-0.15, -0.1) is 0 Å². The summed E-state index contributed by atoms with van der Waals surface area (Å²) in [5.41, 5.74) is 1.33. The zero-order valence-corrected chi connectivity index (χ0v) is 11.5. The van der Waals surface area contributed by atoms with Crippen LogP contribution < -0.4 is 10.1 Å². The number of hydrogen-bond donors (Lipinski definition) is 1. The maximum atomic E-state index is 11.4. The number of benzene rings is 1. The highest BCUT2D eigenvalue weighted by Gasteiger charge is 2.31. The Morgan fingerprint density at radius 2 is 2.11 bits per heavy atom. The van der Waals surface area contributed by atoms with E-state index in [0.29, 0.717) is 13.0 Å². The van der Waals surface area contributed by atoms with E-state index in [2.05, 4.69) is 24.4 Å². The molecule has 4 nitrogen and oxygen atoms in total. The fraction of sp³-hybridized carbons (Fsp3) is 0.533. The summed E-state index contributed by atoms with van der Waals surface area (Å²) in [5.74, 6) is 0.640. The van der Waals surface area contributed by atoms with E-state index in [1.165, 1.54) is 12.7 Å². The highest BCUT2D eigenvalue weighted by atomic mass is 16.5. The first-order valence-electron chi connectivity index (χ1n) is 6.79. The second-order valence-electron chi connectivity index (χ2n) is 4.85. The molecule has 1 aliphatic rings. The molecule has 1 aromatic rings. The number of rotatable bonds is 5. The monoisotopic (exact) mass is 263 g/mol. The summed E-state index contributed by atoms with van der Waals surface area (Å²) >= 11 is 0. The van der Waals surface area contributed by atoms with Crippen LogP contribution in [0.15, 0.2) is 24.3 Å². The second-order valence-corrected chi connectivity index (χ2v) is 4.85. The zero-order valence-electron chi connectivity index (χ0n) is 11.5. The first kappa shape index (κ1) is 13.9. The normalized spacial score (nSPS) is 22.2. The van der Waals surface area contributed by atoms with Crippen LogP contribution >= 0.6 is 0 Å². The average Bonchev–Trinajstić information content (AvgIpc) is 2.89. The van der Waals surface area contributed by atoms with Gasteiger partial charge in [0.25, 0.3) is 0 Å². The molecule has 4 heteroatoms. The topological polar surface area (TPSA) is 47.6 Å². The van der Waals surface area contributed by atoms with E-state index in [1.807, 2.05) is 12.1 Å². The molecule has 0 aromatic heterocycles. The first-order valence-corrected chi connectivity index (χ1v) is 6.79. The summed E-state index contributed by atoms with van der Waals surface area (Å²) in [6.07, 6.45) is 2.92. The van der Waals surface area contributed by atoms with E-state index < -0.39 is 0 Å². The number of nitrogens with one attached hydrogen (secondary N) is 1. The summed E-state index contributed by atoms with van der Waals surface area (Å²) in [6.45, 7) is 2.85.